The first-order valence-corrected chi connectivity index (χ1v) is 6.86. The third kappa shape index (κ3) is 3.22. The number of hydrogen-bond acceptors (Lipinski definition) is 4. The topological polar surface area (TPSA) is 34.1 Å². The lowest BCUT2D eigenvalue weighted by Crippen LogP contribution is -2.08. The minimum absolute atomic E-state index is 0.530. The van der Waals surface area contributed by atoms with Crippen molar-refractivity contribution < 1.29 is 4.74 Å². The van der Waals surface area contributed by atoms with Gasteiger partial charge in [0.15, 0.2) is 0 Å². The second-order valence-electron chi connectivity index (χ2n) is 3.88. The van der Waals surface area contributed by atoms with Crippen LogP contribution in [-0.4, -0.2) is 12.0 Å². The first-order chi connectivity index (χ1) is 8.70. The number of aryl methyl sites for hydroxylation is 1. The number of rotatable bonds is 5. The second kappa shape index (κ2) is 6.18. The van der Waals surface area contributed by atoms with Crippen LogP contribution in [0, 0.1) is 6.92 Å². The van der Waals surface area contributed by atoms with Crippen molar-refractivity contribution in [2.24, 2.45) is 0 Å². The maximum atomic E-state index is 6.16. The van der Waals surface area contributed by atoms with Gasteiger partial charge in [-0.3, -0.25) is 0 Å². The molecule has 0 saturated carbocycles. The molecule has 0 bridgehead atoms. The number of halogens is 1. The van der Waals surface area contributed by atoms with Gasteiger partial charge in [0.25, 0.3) is 0 Å². The van der Waals surface area contributed by atoms with Crippen molar-refractivity contribution in [3.8, 4) is 5.75 Å². The summed E-state index contributed by atoms with van der Waals surface area (Å²) in [6.45, 7) is 3.21. The highest BCUT2D eigenvalue weighted by molar-refractivity contribution is 7.11. The number of aromatic nitrogens is 1. The van der Waals surface area contributed by atoms with E-state index in [1.807, 2.05) is 38.4 Å². The molecule has 5 heteroatoms. The Balaban J connectivity index is 2.11. The third-order valence-corrected chi connectivity index (χ3v) is 3.71. The molecule has 1 N–H and O–H groups in total. The number of thiazole rings is 1. The van der Waals surface area contributed by atoms with Crippen molar-refractivity contribution in [1.29, 1.82) is 0 Å². The number of benzene rings is 1. The van der Waals surface area contributed by atoms with Gasteiger partial charge < -0.3 is 10.1 Å². The summed E-state index contributed by atoms with van der Waals surface area (Å²) < 4.78 is 5.82. The van der Waals surface area contributed by atoms with E-state index in [1.54, 1.807) is 11.3 Å². The summed E-state index contributed by atoms with van der Waals surface area (Å²) in [6, 6.07) is 5.71. The van der Waals surface area contributed by atoms with Gasteiger partial charge in [-0.05, 0) is 26.1 Å². The molecule has 0 unspecified atom stereocenters. The lowest BCUT2D eigenvalue weighted by molar-refractivity contribution is 0.305. The molecule has 0 saturated heterocycles. The Morgan fingerprint density at radius 2 is 2.28 bits per heavy atom. The summed E-state index contributed by atoms with van der Waals surface area (Å²) in [5, 5.41) is 4.87. The van der Waals surface area contributed by atoms with Gasteiger partial charge in [-0.2, -0.15) is 0 Å². The monoisotopic (exact) mass is 282 g/mol. The zero-order chi connectivity index (χ0) is 13.0. The maximum Gasteiger partial charge on any atom is 0.125 e. The third-order valence-electron chi connectivity index (χ3n) is 2.47. The molecular weight excluding hydrogens is 268 g/mol. The lowest BCUT2D eigenvalue weighted by Gasteiger charge is -2.11. The van der Waals surface area contributed by atoms with Gasteiger partial charge >= 0.3 is 0 Å². The first kappa shape index (κ1) is 13.3. The highest BCUT2D eigenvalue weighted by atomic mass is 35.5. The molecule has 0 aliphatic carbocycles. The van der Waals surface area contributed by atoms with E-state index in [9.17, 15) is 0 Å². The molecule has 0 spiro atoms. The van der Waals surface area contributed by atoms with E-state index in [4.69, 9.17) is 16.3 Å². The number of nitrogens with zero attached hydrogens (tertiary/aromatic N) is 1. The molecule has 0 atom stereocenters. The summed E-state index contributed by atoms with van der Waals surface area (Å²) in [4.78, 5) is 5.32. The van der Waals surface area contributed by atoms with E-state index < -0.39 is 0 Å². The predicted molar refractivity (Wildman–Crippen MR) is 75.4 cm³/mol. The van der Waals surface area contributed by atoms with E-state index in [0.717, 1.165) is 26.2 Å². The van der Waals surface area contributed by atoms with Gasteiger partial charge in [0.1, 0.15) is 12.4 Å². The summed E-state index contributed by atoms with van der Waals surface area (Å²) in [6.07, 6.45) is 1.85. The van der Waals surface area contributed by atoms with Crippen LogP contribution >= 0.6 is 22.9 Å². The Labute approximate surface area is 116 Å². The molecular formula is C13H15ClN2OS. The van der Waals surface area contributed by atoms with Crippen molar-refractivity contribution in [3.05, 3.63) is 44.9 Å². The molecule has 96 valence electrons. The largest absolute Gasteiger partial charge is 0.488 e. The molecule has 0 amide bonds. The molecule has 2 rings (SSSR count). The average Bonchev–Trinajstić information content (AvgIpc) is 2.76. The van der Waals surface area contributed by atoms with Gasteiger partial charge in [0.05, 0.1) is 9.88 Å². The van der Waals surface area contributed by atoms with E-state index in [1.165, 1.54) is 0 Å². The maximum absolute atomic E-state index is 6.16. The summed E-state index contributed by atoms with van der Waals surface area (Å²) in [5.74, 6) is 0.822. The van der Waals surface area contributed by atoms with Crippen LogP contribution in [0.15, 0.2) is 24.4 Å². The minimum atomic E-state index is 0.530. The molecule has 18 heavy (non-hydrogen) atoms. The summed E-state index contributed by atoms with van der Waals surface area (Å²) in [5.41, 5.74) is 0.989. The van der Waals surface area contributed by atoms with E-state index in [2.05, 4.69) is 10.3 Å². The minimum Gasteiger partial charge on any atom is -0.488 e. The fraction of sp³-hybridized carbons (Fsp3) is 0.308. The van der Waals surface area contributed by atoms with Crippen LogP contribution in [0.2, 0.25) is 5.02 Å². The van der Waals surface area contributed by atoms with Crippen LogP contribution in [0.4, 0.5) is 0 Å². The van der Waals surface area contributed by atoms with Crippen LogP contribution in [0.25, 0.3) is 0 Å². The Morgan fingerprint density at radius 3 is 2.94 bits per heavy atom. The second-order valence-corrected chi connectivity index (χ2v) is 5.61. The first-order valence-electron chi connectivity index (χ1n) is 5.67. The quantitative estimate of drug-likeness (QED) is 0.913. The molecule has 0 radical (unpaired) electrons. The molecule has 1 heterocycles. The van der Waals surface area contributed by atoms with Crippen LogP contribution in [0.5, 0.6) is 5.75 Å². The van der Waals surface area contributed by atoms with Crippen LogP contribution in [0.3, 0.4) is 0 Å². The Hall–Kier alpha value is -1.10. The molecule has 1 aromatic heterocycles. The standard InChI is InChI=1S/C13H15ClN2OS/c1-9-16-6-10(18-9)8-17-13-5-3-4-12(14)11(13)7-15-2/h3-6,15H,7-8H2,1-2H3. The van der Waals surface area contributed by atoms with Crippen LogP contribution < -0.4 is 10.1 Å². The van der Waals surface area contributed by atoms with Gasteiger partial charge in [-0.15, -0.1) is 11.3 Å². The fourth-order valence-electron chi connectivity index (χ4n) is 1.64. The van der Waals surface area contributed by atoms with Crippen molar-refractivity contribution in [3.63, 3.8) is 0 Å². The van der Waals surface area contributed by atoms with Gasteiger partial charge in [-0.1, -0.05) is 17.7 Å². The van der Waals surface area contributed by atoms with Crippen molar-refractivity contribution >= 4 is 22.9 Å². The van der Waals surface area contributed by atoms with Gasteiger partial charge in [0.2, 0.25) is 0 Å². The molecule has 0 aliphatic heterocycles. The van der Waals surface area contributed by atoms with E-state index >= 15 is 0 Å². The van der Waals surface area contributed by atoms with Gasteiger partial charge in [0, 0.05) is 23.3 Å². The normalized spacial score (nSPS) is 10.6. The van der Waals surface area contributed by atoms with E-state index in [0.29, 0.717) is 13.2 Å². The Kier molecular flexibility index (Phi) is 4.58. The predicted octanol–water partition coefficient (Wildman–Crippen LogP) is 3.40. The molecule has 1 aromatic carbocycles. The molecule has 3 nitrogen and oxygen atoms in total. The molecule has 0 aliphatic rings. The van der Waals surface area contributed by atoms with Crippen molar-refractivity contribution in [2.45, 2.75) is 20.1 Å². The highest BCUT2D eigenvalue weighted by Crippen LogP contribution is 2.27. The SMILES string of the molecule is CNCc1c(Cl)cccc1OCc1cnc(C)s1. The van der Waals surface area contributed by atoms with Crippen molar-refractivity contribution in [1.82, 2.24) is 10.3 Å². The van der Waals surface area contributed by atoms with Crippen LogP contribution in [-0.2, 0) is 13.2 Å². The Bertz CT molecular complexity index is 527. The zero-order valence-electron chi connectivity index (χ0n) is 10.4. The molecule has 0 fully saturated rings. The molecule has 2 aromatic rings. The number of ether oxygens (including phenoxy) is 1. The van der Waals surface area contributed by atoms with E-state index in [-0.39, 0.29) is 0 Å². The van der Waals surface area contributed by atoms with Gasteiger partial charge in [-0.25, -0.2) is 4.98 Å². The Morgan fingerprint density at radius 1 is 1.44 bits per heavy atom. The highest BCUT2D eigenvalue weighted by Gasteiger charge is 2.08. The fourth-order valence-corrected chi connectivity index (χ4v) is 2.58. The summed E-state index contributed by atoms with van der Waals surface area (Å²) in [7, 11) is 1.89. The zero-order valence-corrected chi connectivity index (χ0v) is 11.9. The van der Waals surface area contributed by atoms with Crippen LogP contribution in [0.1, 0.15) is 15.4 Å². The number of nitrogens with one attached hydrogen (secondary N) is 1. The summed E-state index contributed by atoms with van der Waals surface area (Å²) >= 11 is 7.81. The smallest absolute Gasteiger partial charge is 0.125 e. The lowest BCUT2D eigenvalue weighted by atomic mass is 10.2. The average molecular weight is 283 g/mol. The van der Waals surface area contributed by atoms with Crippen molar-refractivity contribution in [2.75, 3.05) is 7.05 Å². The number of hydrogen-bond donors (Lipinski definition) is 1.